The molecule has 17 heavy (non-hydrogen) atoms. The van der Waals surface area contributed by atoms with Gasteiger partial charge in [-0.05, 0) is 12.1 Å². The van der Waals surface area contributed by atoms with Crippen LogP contribution in [-0.2, 0) is 6.18 Å². The van der Waals surface area contributed by atoms with Crippen LogP contribution in [0.2, 0.25) is 0 Å². The Morgan fingerprint density at radius 1 is 1.35 bits per heavy atom. The highest BCUT2D eigenvalue weighted by molar-refractivity contribution is 5.85. The Labute approximate surface area is 101 Å². The van der Waals surface area contributed by atoms with Crippen molar-refractivity contribution < 1.29 is 17.6 Å². The Bertz CT molecular complexity index is 425. The van der Waals surface area contributed by atoms with Crippen molar-refractivity contribution in [2.24, 2.45) is 5.73 Å². The number of alkyl halides is 3. The first-order chi connectivity index (χ1) is 7.38. The summed E-state index contributed by atoms with van der Waals surface area (Å²) in [5, 5.41) is 8.35. The van der Waals surface area contributed by atoms with E-state index in [9.17, 15) is 17.6 Å². The lowest BCUT2D eigenvalue weighted by Gasteiger charge is -2.16. The van der Waals surface area contributed by atoms with Crippen molar-refractivity contribution in [2.75, 3.05) is 0 Å². The smallest absolute Gasteiger partial charge is 0.323 e. The summed E-state index contributed by atoms with van der Waals surface area (Å²) in [5.74, 6) is -1.04. The lowest BCUT2D eigenvalue weighted by molar-refractivity contribution is -0.138. The number of rotatable bonds is 2. The Kier molecular flexibility index (Phi) is 5.39. The second-order valence-electron chi connectivity index (χ2n) is 3.17. The molecule has 1 atom stereocenters. The van der Waals surface area contributed by atoms with E-state index in [2.05, 4.69) is 0 Å². The molecule has 0 aromatic heterocycles. The molecule has 0 unspecified atom stereocenters. The van der Waals surface area contributed by atoms with Crippen LogP contribution in [0, 0.1) is 17.1 Å². The van der Waals surface area contributed by atoms with Gasteiger partial charge in [0, 0.05) is 11.6 Å². The van der Waals surface area contributed by atoms with E-state index in [1.165, 1.54) is 0 Å². The minimum Gasteiger partial charge on any atom is -0.323 e. The average molecular weight is 269 g/mol. The standard InChI is InChI=1S/C10H8F4N2.ClH/c11-7-3-1-2-6(10(12,13)14)9(7)8(16)4-5-15;/h1-3,8H,4,16H2;1H/t8-;/m1./s1. The predicted molar refractivity (Wildman–Crippen MR) is 55.8 cm³/mol. The fraction of sp³-hybridized carbons (Fsp3) is 0.300. The van der Waals surface area contributed by atoms with E-state index < -0.39 is 29.2 Å². The van der Waals surface area contributed by atoms with Gasteiger partial charge in [0.1, 0.15) is 5.82 Å². The summed E-state index contributed by atoms with van der Waals surface area (Å²) in [4.78, 5) is 0. The molecule has 0 heterocycles. The van der Waals surface area contributed by atoms with Gasteiger partial charge in [0.2, 0.25) is 0 Å². The molecule has 1 aromatic carbocycles. The summed E-state index contributed by atoms with van der Waals surface area (Å²) >= 11 is 0. The van der Waals surface area contributed by atoms with Crippen LogP contribution in [0.1, 0.15) is 23.6 Å². The van der Waals surface area contributed by atoms with Crippen LogP contribution in [-0.4, -0.2) is 0 Å². The lowest BCUT2D eigenvalue weighted by atomic mass is 9.98. The number of nitriles is 1. The number of halogens is 5. The minimum atomic E-state index is -4.68. The number of benzene rings is 1. The summed E-state index contributed by atoms with van der Waals surface area (Å²) < 4.78 is 50.8. The molecule has 0 saturated heterocycles. The maximum Gasteiger partial charge on any atom is 0.416 e. The van der Waals surface area contributed by atoms with Crippen molar-refractivity contribution in [3.05, 3.63) is 35.1 Å². The first kappa shape index (κ1) is 15.7. The summed E-state index contributed by atoms with van der Waals surface area (Å²) in [6.07, 6.45) is -5.05. The second-order valence-corrected chi connectivity index (χ2v) is 3.17. The average Bonchev–Trinajstić information content (AvgIpc) is 2.16. The summed E-state index contributed by atoms with van der Waals surface area (Å²) in [7, 11) is 0. The maximum atomic E-state index is 13.3. The molecule has 0 spiro atoms. The van der Waals surface area contributed by atoms with E-state index in [4.69, 9.17) is 11.0 Å². The zero-order valence-electron chi connectivity index (χ0n) is 8.46. The number of nitrogens with zero attached hydrogens (tertiary/aromatic N) is 1. The molecule has 1 rings (SSSR count). The Morgan fingerprint density at radius 3 is 2.41 bits per heavy atom. The number of hydrogen-bond acceptors (Lipinski definition) is 2. The van der Waals surface area contributed by atoms with Gasteiger partial charge in [-0.3, -0.25) is 0 Å². The van der Waals surface area contributed by atoms with E-state index in [1.807, 2.05) is 0 Å². The zero-order chi connectivity index (χ0) is 12.3. The van der Waals surface area contributed by atoms with Gasteiger partial charge in [0.25, 0.3) is 0 Å². The van der Waals surface area contributed by atoms with Crippen molar-refractivity contribution >= 4 is 12.4 Å². The summed E-state index contributed by atoms with van der Waals surface area (Å²) in [6, 6.07) is 2.93. The predicted octanol–water partition coefficient (Wildman–Crippen LogP) is 3.18. The van der Waals surface area contributed by atoms with Crippen molar-refractivity contribution in [3.63, 3.8) is 0 Å². The molecule has 0 aliphatic heterocycles. The van der Waals surface area contributed by atoms with Crippen molar-refractivity contribution in [1.29, 1.82) is 5.26 Å². The number of nitrogens with two attached hydrogens (primary N) is 1. The van der Waals surface area contributed by atoms with E-state index in [0.717, 1.165) is 18.2 Å². The quantitative estimate of drug-likeness (QED) is 0.838. The highest BCUT2D eigenvalue weighted by Crippen LogP contribution is 2.35. The molecule has 0 radical (unpaired) electrons. The van der Waals surface area contributed by atoms with Crippen molar-refractivity contribution in [3.8, 4) is 6.07 Å². The van der Waals surface area contributed by atoms with Gasteiger partial charge in [-0.1, -0.05) is 6.07 Å². The van der Waals surface area contributed by atoms with Gasteiger partial charge in [-0.2, -0.15) is 18.4 Å². The molecule has 1 aromatic rings. The normalized spacial score (nSPS) is 12.5. The molecular formula is C10H9ClF4N2. The van der Waals surface area contributed by atoms with Crippen LogP contribution in [0.3, 0.4) is 0 Å². The van der Waals surface area contributed by atoms with Crippen LogP contribution in [0.25, 0.3) is 0 Å². The lowest BCUT2D eigenvalue weighted by Crippen LogP contribution is -2.19. The third-order valence-corrected chi connectivity index (χ3v) is 2.04. The third-order valence-electron chi connectivity index (χ3n) is 2.04. The molecular weight excluding hydrogens is 260 g/mol. The van der Waals surface area contributed by atoms with Crippen LogP contribution < -0.4 is 5.73 Å². The van der Waals surface area contributed by atoms with Crippen molar-refractivity contribution in [2.45, 2.75) is 18.6 Å². The SMILES string of the molecule is Cl.N#CC[C@@H](N)c1c(F)cccc1C(F)(F)F. The molecule has 0 aliphatic carbocycles. The summed E-state index contributed by atoms with van der Waals surface area (Å²) in [6.45, 7) is 0. The second kappa shape index (κ2) is 5.84. The molecule has 0 amide bonds. The van der Waals surface area contributed by atoms with Crippen LogP contribution in [0.15, 0.2) is 18.2 Å². The molecule has 0 fully saturated rings. The van der Waals surface area contributed by atoms with E-state index in [0.29, 0.717) is 0 Å². The monoisotopic (exact) mass is 268 g/mol. The molecule has 7 heteroatoms. The highest BCUT2D eigenvalue weighted by atomic mass is 35.5. The first-order valence-corrected chi connectivity index (χ1v) is 4.36. The van der Waals surface area contributed by atoms with Gasteiger partial charge in [0.05, 0.1) is 18.1 Å². The molecule has 2 nitrogen and oxygen atoms in total. The van der Waals surface area contributed by atoms with Gasteiger partial charge in [-0.25, -0.2) is 4.39 Å². The molecule has 2 N–H and O–H groups in total. The molecule has 0 bridgehead atoms. The van der Waals surface area contributed by atoms with Gasteiger partial charge in [-0.15, -0.1) is 12.4 Å². The Balaban J connectivity index is 0.00000256. The van der Waals surface area contributed by atoms with Gasteiger partial charge < -0.3 is 5.73 Å². The van der Waals surface area contributed by atoms with Crippen molar-refractivity contribution in [1.82, 2.24) is 0 Å². The Morgan fingerprint density at radius 2 is 1.94 bits per heavy atom. The maximum absolute atomic E-state index is 13.3. The highest BCUT2D eigenvalue weighted by Gasteiger charge is 2.35. The van der Waals surface area contributed by atoms with E-state index >= 15 is 0 Å². The molecule has 94 valence electrons. The molecule has 0 aliphatic rings. The fourth-order valence-corrected chi connectivity index (χ4v) is 1.36. The minimum absolute atomic E-state index is 0. The number of hydrogen-bond donors (Lipinski definition) is 1. The first-order valence-electron chi connectivity index (χ1n) is 4.36. The topological polar surface area (TPSA) is 49.8 Å². The van der Waals surface area contributed by atoms with Gasteiger partial charge in [0.15, 0.2) is 0 Å². The summed E-state index contributed by atoms with van der Waals surface area (Å²) in [5.41, 5.74) is 3.56. The third kappa shape index (κ3) is 3.58. The van der Waals surface area contributed by atoms with E-state index in [-0.39, 0.29) is 18.8 Å². The van der Waals surface area contributed by atoms with Gasteiger partial charge >= 0.3 is 6.18 Å². The fourth-order valence-electron chi connectivity index (χ4n) is 1.36. The van der Waals surface area contributed by atoms with Crippen LogP contribution in [0.5, 0.6) is 0 Å². The zero-order valence-corrected chi connectivity index (χ0v) is 9.28. The largest absolute Gasteiger partial charge is 0.416 e. The Hall–Kier alpha value is -1.32. The van der Waals surface area contributed by atoms with E-state index in [1.54, 1.807) is 6.07 Å². The van der Waals surface area contributed by atoms with Crippen LogP contribution in [0.4, 0.5) is 17.6 Å². The molecule has 0 saturated carbocycles. The van der Waals surface area contributed by atoms with Crippen LogP contribution >= 0.6 is 12.4 Å².